The molecule has 1 aromatic rings. The molecular weight excluding hydrogens is 234 g/mol. The van der Waals surface area contributed by atoms with Gasteiger partial charge in [0.25, 0.3) is 0 Å². The average molecular weight is 261 g/mol. The first-order valence-electron chi connectivity index (χ1n) is 7.51. The summed E-state index contributed by atoms with van der Waals surface area (Å²) in [5.74, 6) is 1.18. The van der Waals surface area contributed by atoms with E-state index >= 15 is 0 Å². The SMILES string of the molecule is CC(C)(C)C1CCCC(Nc2cccc(O)c2)CC1. The molecule has 2 rings (SSSR count). The van der Waals surface area contributed by atoms with Crippen LogP contribution < -0.4 is 5.32 Å². The molecule has 106 valence electrons. The molecule has 1 aromatic carbocycles. The quantitative estimate of drug-likeness (QED) is 0.750. The van der Waals surface area contributed by atoms with Crippen molar-refractivity contribution < 1.29 is 5.11 Å². The van der Waals surface area contributed by atoms with E-state index in [0.717, 1.165) is 11.6 Å². The van der Waals surface area contributed by atoms with Gasteiger partial charge in [0.2, 0.25) is 0 Å². The van der Waals surface area contributed by atoms with Crippen LogP contribution >= 0.6 is 0 Å². The second-order valence-electron chi connectivity index (χ2n) is 6.96. The summed E-state index contributed by atoms with van der Waals surface area (Å²) in [6.45, 7) is 7.09. The van der Waals surface area contributed by atoms with Gasteiger partial charge in [0.15, 0.2) is 0 Å². The minimum Gasteiger partial charge on any atom is -0.508 e. The molecule has 1 saturated carbocycles. The second kappa shape index (κ2) is 5.85. The van der Waals surface area contributed by atoms with Crippen LogP contribution in [0.3, 0.4) is 0 Å². The van der Waals surface area contributed by atoms with Gasteiger partial charge < -0.3 is 10.4 Å². The third-order valence-corrected chi connectivity index (χ3v) is 4.41. The number of phenols is 1. The van der Waals surface area contributed by atoms with Crippen LogP contribution in [0.2, 0.25) is 0 Å². The Hall–Kier alpha value is -1.18. The topological polar surface area (TPSA) is 32.3 Å². The Bertz CT molecular complexity index is 408. The summed E-state index contributed by atoms with van der Waals surface area (Å²) in [4.78, 5) is 0. The summed E-state index contributed by atoms with van der Waals surface area (Å²) in [5, 5.41) is 13.1. The third kappa shape index (κ3) is 4.15. The third-order valence-electron chi connectivity index (χ3n) is 4.41. The van der Waals surface area contributed by atoms with Crippen molar-refractivity contribution in [3.05, 3.63) is 24.3 Å². The Balaban J connectivity index is 1.93. The zero-order valence-electron chi connectivity index (χ0n) is 12.4. The molecule has 0 aromatic heterocycles. The van der Waals surface area contributed by atoms with Gasteiger partial charge in [-0.1, -0.05) is 33.3 Å². The highest BCUT2D eigenvalue weighted by Crippen LogP contribution is 2.37. The smallest absolute Gasteiger partial charge is 0.117 e. The molecule has 0 aliphatic heterocycles. The van der Waals surface area contributed by atoms with Crippen LogP contribution in [0.15, 0.2) is 24.3 Å². The number of nitrogens with one attached hydrogen (secondary N) is 1. The zero-order chi connectivity index (χ0) is 13.9. The summed E-state index contributed by atoms with van der Waals surface area (Å²) in [6.07, 6.45) is 6.43. The molecule has 0 amide bonds. The summed E-state index contributed by atoms with van der Waals surface area (Å²) in [5.41, 5.74) is 1.47. The Labute approximate surface area is 117 Å². The molecular formula is C17H27NO. The van der Waals surface area contributed by atoms with Crippen molar-refractivity contribution in [3.8, 4) is 5.75 Å². The molecule has 0 spiro atoms. The molecule has 2 nitrogen and oxygen atoms in total. The highest BCUT2D eigenvalue weighted by atomic mass is 16.3. The van der Waals surface area contributed by atoms with Crippen LogP contribution in [-0.2, 0) is 0 Å². The predicted octanol–water partition coefficient (Wildman–Crippen LogP) is 4.80. The molecule has 0 radical (unpaired) electrons. The normalized spacial score (nSPS) is 24.8. The first kappa shape index (κ1) is 14.2. The predicted molar refractivity (Wildman–Crippen MR) is 81.5 cm³/mol. The van der Waals surface area contributed by atoms with Crippen LogP contribution in [0.5, 0.6) is 5.75 Å². The first-order valence-corrected chi connectivity index (χ1v) is 7.51. The van der Waals surface area contributed by atoms with Crippen LogP contribution in [0, 0.1) is 11.3 Å². The Morgan fingerprint density at radius 3 is 2.58 bits per heavy atom. The number of hydrogen-bond acceptors (Lipinski definition) is 2. The van der Waals surface area contributed by atoms with E-state index in [0.29, 0.717) is 17.2 Å². The van der Waals surface area contributed by atoms with Gasteiger partial charge in [-0.2, -0.15) is 0 Å². The largest absolute Gasteiger partial charge is 0.508 e. The molecule has 2 heteroatoms. The van der Waals surface area contributed by atoms with Crippen molar-refractivity contribution >= 4 is 5.69 Å². The van der Waals surface area contributed by atoms with E-state index in [-0.39, 0.29) is 0 Å². The minimum atomic E-state index is 0.339. The fourth-order valence-corrected chi connectivity index (χ4v) is 3.14. The first-order chi connectivity index (χ1) is 8.95. The summed E-state index contributed by atoms with van der Waals surface area (Å²) in [6, 6.07) is 8.01. The standard InChI is InChI=1S/C17H27NO/c1-17(2,3)13-6-4-7-14(11-10-13)18-15-8-5-9-16(19)12-15/h5,8-9,12-14,18-19H,4,6-7,10-11H2,1-3H3. The maximum atomic E-state index is 9.51. The van der Waals surface area contributed by atoms with Crippen molar-refractivity contribution in [1.82, 2.24) is 0 Å². The highest BCUT2D eigenvalue weighted by molar-refractivity contribution is 5.48. The molecule has 1 fully saturated rings. The van der Waals surface area contributed by atoms with Crippen LogP contribution in [0.1, 0.15) is 52.9 Å². The lowest BCUT2D eigenvalue weighted by Gasteiger charge is -2.29. The number of benzene rings is 1. The van der Waals surface area contributed by atoms with E-state index in [4.69, 9.17) is 0 Å². The fourth-order valence-electron chi connectivity index (χ4n) is 3.14. The van der Waals surface area contributed by atoms with Crippen LogP contribution in [-0.4, -0.2) is 11.1 Å². The summed E-state index contributed by atoms with van der Waals surface area (Å²) in [7, 11) is 0. The molecule has 0 bridgehead atoms. The van der Waals surface area contributed by atoms with Crippen molar-refractivity contribution in [1.29, 1.82) is 0 Å². The molecule has 19 heavy (non-hydrogen) atoms. The maximum Gasteiger partial charge on any atom is 0.117 e. The van der Waals surface area contributed by atoms with E-state index in [2.05, 4.69) is 26.1 Å². The van der Waals surface area contributed by atoms with Crippen LogP contribution in [0.4, 0.5) is 5.69 Å². The molecule has 0 saturated heterocycles. The molecule has 1 aliphatic rings. The molecule has 1 aliphatic carbocycles. The number of hydrogen-bond donors (Lipinski definition) is 2. The Kier molecular flexibility index (Phi) is 4.38. The molecule has 2 unspecified atom stereocenters. The number of aromatic hydroxyl groups is 1. The van der Waals surface area contributed by atoms with Gasteiger partial charge in [-0.15, -0.1) is 0 Å². The number of rotatable bonds is 2. The Morgan fingerprint density at radius 2 is 1.89 bits per heavy atom. The average Bonchev–Trinajstić information content (AvgIpc) is 2.54. The van der Waals surface area contributed by atoms with Gasteiger partial charge in [0.05, 0.1) is 0 Å². The van der Waals surface area contributed by atoms with E-state index in [1.54, 1.807) is 6.07 Å². The van der Waals surface area contributed by atoms with Crippen molar-refractivity contribution in [2.24, 2.45) is 11.3 Å². The van der Waals surface area contributed by atoms with Crippen molar-refractivity contribution in [2.45, 2.75) is 58.9 Å². The zero-order valence-corrected chi connectivity index (χ0v) is 12.4. The fraction of sp³-hybridized carbons (Fsp3) is 0.647. The lowest BCUT2D eigenvalue weighted by molar-refractivity contribution is 0.214. The van der Waals surface area contributed by atoms with Gasteiger partial charge >= 0.3 is 0 Å². The van der Waals surface area contributed by atoms with E-state index in [1.807, 2.05) is 18.2 Å². The van der Waals surface area contributed by atoms with Gasteiger partial charge in [-0.3, -0.25) is 0 Å². The van der Waals surface area contributed by atoms with Gasteiger partial charge in [0, 0.05) is 17.8 Å². The van der Waals surface area contributed by atoms with Gasteiger partial charge in [-0.05, 0) is 49.1 Å². The number of phenolic OH excluding ortho intramolecular Hbond substituents is 1. The van der Waals surface area contributed by atoms with Crippen molar-refractivity contribution in [2.75, 3.05) is 5.32 Å². The summed E-state index contributed by atoms with van der Waals surface area (Å²) >= 11 is 0. The highest BCUT2D eigenvalue weighted by Gasteiger charge is 2.27. The minimum absolute atomic E-state index is 0.339. The van der Waals surface area contributed by atoms with E-state index in [9.17, 15) is 5.11 Å². The van der Waals surface area contributed by atoms with E-state index in [1.165, 1.54) is 32.1 Å². The monoisotopic (exact) mass is 261 g/mol. The lowest BCUT2D eigenvalue weighted by atomic mass is 9.76. The molecule has 0 heterocycles. The number of anilines is 1. The second-order valence-corrected chi connectivity index (χ2v) is 6.96. The lowest BCUT2D eigenvalue weighted by Crippen LogP contribution is -2.21. The molecule has 2 atom stereocenters. The van der Waals surface area contributed by atoms with Crippen molar-refractivity contribution in [3.63, 3.8) is 0 Å². The Morgan fingerprint density at radius 1 is 1.11 bits per heavy atom. The van der Waals surface area contributed by atoms with Gasteiger partial charge in [-0.25, -0.2) is 0 Å². The van der Waals surface area contributed by atoms with Crippen LogP contribution in [0.25, 0.3) is 0 Å². The summed E-state index contributed by atoms with van der Waals surface area (Å²) < 4.78 is 0. The molecule has 2 N–H and O–H groups in total. The van der Waals surface area contributed by atoms with Gasteiger partial charge in [0.1, 0.15) is 5.75 Å². The maximum absolute atomic E-state index is 9.51. The van der Waals surface area contributed by atoms with E-state index < -0.39 is 0 Å².